The lowest BCUT2D eigenvalue weighted by Gasteiger charge is -2.36. The maximum absolute atomic E-state index is 13.2. The number of rotatable bonds is 3. The second-order valence-electron chi connectivity index (χ2n) is 7.10. The van der Waals surface area contributed by atoms with E-state index >= 15 is 0 Å². The van der Waals surface area contributed by atoms with E-state index in [0.29, 0.717) is 41.7 Å². The molecule has 1 fully saturated rings. The van der Waals surface area contributed by atoms with Crippen molar-refractivity contribution in [3.05, 3.63) is 68.7 Å². The SMILES string of the molecule is O=C(c1cc(C(F)(F)F)cc(C(F)(F)F)c1)N1CCNC[C@H]1Cc1ccc(Cl)c(Cl)c1. The Balaban J connectivity index is 1.94. The van der Waals surface area contributed by atoms with Crippen LogP contribution in [-0.2, 0) is 18.8 Å². The Morgan fingerprint density at radius 2 is 1.58 bits per heavy atom. The minimum absolute atomic E-state index is 0.00172. The lowest BCUT2D eigenvalue weighted by molar-refractivity contribution is -0.143. The summed E-state index contributed by atoms with van der Waals surface area (Å²) in [6.07, 6.45) is -9.76. The number of benzene rings is 2. The first-order valence-corrected chi connectivity index (χ1v) is 9.87. The van der Waals surface area contributed by atoms with Gasteiger partial charge in [0, 0.05) is 31.2 Å². The largest absolute Gasteiger partial charge is 0.416 e. The lowest BCUT2D eigenvalue weighted by atomic mass is 9.99. The molecule has 3 rings (SSSR count). The summed E-state index contributed by atoms with van der Waals surface area (Å²) in [4.78, 5) is 14.3. The van der Waals surface area contributed by atoms with Crippen molar-refractivity contribution >= 4 is 29.1 Å². The summed E-state index contributed by atoms with van der Waals surface area (Å²) in [5.74, 6) is -0.900. The summed E-state index contributed by atoms with van der Waals surface area (Å²) in [5, 5.41) is 3.71. The van der Waals surface area contributed by atoms with E-state index < -0.39 is 41.0 Å². The predicted molar refractivity (Wildman–Crippen MR) is 104 cm³/mol. The van der Waals surface area contributed by atoms with Gasteiger partial charge in [-0.15, -0.1) is 0 Å². The molecule has 1 aliphatic heterocycles. The number of halogens is 8. The molecule has 168 valence electrons. The number of nitrogens with zero attached hydrogens (tertiary/aromatic N) is 1. The van der Waals surface area contributed by atoms with Crippen LogP contribution in [0, 0.1) is 0 Å². The Morgan fingerprint density at radius 3 is 2.13 bits per heavy atom. The monoisotopic (exact) mass is 484 g/mol. The topological polar surface area (TPSA) is 32.3 Å². The molecule has 1 heterocycles. The first-order valence-electron chi connectivity index (χ1n) is 9.11. The zero-order valence-electron chi connectivity index (χ0n) is 15.7. The van der Waals surface area contributed by atoms with Crippen LogP contribution in [0.3, 0.4) is 0 Å². The molecule has 1 amide bonds. The van der Waals surface area contributed by atoms with Gasteiger partial charge in [0.2, 0.25) is 0 Å². The van der Waals surface area contributed by atoms with E-state index in [9.17, 15) is 31.1 Å². The van der Waals surface area contributed by atoms with Gasteiger partial charge < -0.3 is 10.2 Å². The van der Waals surface area contributed by atoms with Crippen molar-refractivity contribution in [3.8, 4) is 0 Å². The average Bonchev–Trinajstić information content (AvgIpc) is 2.69. The number of piperazine rings is 1. The third-order valence-electron chi connectivity index (χ3n) is 4.90. The van der Waals surface area contributed by atoms with Crippen LogP contribution in [0.1, 0.15) is 27.0 Å². The summed E-state index contributed by atoms with van der Waals surface area (Å²) in [6.45, 7) is 0.800. The molecule has 0 aromatic heterocycles. The van der Waals surface area contributed by atoms with Crippen molar-refractivity contribution in [1.29, 1.82) is 0 Å². The normalized spacial score (nSPS) is 17.7. The van der Waals surface area contributed by atoms with Crippen molar-refractivity contribution in [2.75, 3.05) is 19.6 Å². The third-order valence-corrected chi connectivity index (χ3v) is 5.64. The van der Waals surface area contributed by atoms with Gasteiger partial charge >= 0.3 is 12.4 Å². The second-order valence-corrected chi connectivity index (χ2v) is 7.92. The molecule has 0 spiro atoms. The van der Waals surface area contributed by atoms with Gasteiger partial charge in [-0.05, 0) is 42.3 Å². The maximum atomic E-state index is 13.2. The number of carbonyl (C=O) groups is 1. The minimum atomic E-state index is -5.03. The molecule has 2 aromatic carbocycles. The number of carbonyl (C=O) groups excluding carboxylic acids is 1. The minimum Gasteiger partial charge on any atom is -0.333 e. The van der Waals surface area contributed by atoms with E-state index in [4.69, 9.17) is 23.2 Å². The molecule has 2 aromatic rings. The quantitative estimate of drug-likeness (QED) is 0.567. The highest BCUT2D eigenvalue weighted by atomic mass is 35.5. The summed E-state index contributed by atoms with van der Waals surface area (Å²) in [6, 6.07) is 5.28. The summed E-state index contributed by atoms with van der Waals surface area (Å²) >= 11 is 11.9. The molecule has 0 bridgehead atoms. The van der Waals surface area contributed by atoms with Crippen molar-refractivity contribution in [1.82, 2.24) is 10.2 Å². The highest BCUT2D eigenvalue weighted by Gasteiger charge is 2.38. The van der Waals surface area contributed by atoms with Crippen molar-refractivity contribution < 1.29 is 31.1 Å². The van der Waals surface area contributed by atoms with Crippen molar-refractivity contribution in [2.24, 2.45) is 0 Å². The fraction of sp³-hybridized carbons (Fsp3) is 0.350. The van der Waals surface area contributed by atoms with E-state index in [-0.39, 0.29) is 12.6 Å². The molecule has 3 nitrogen and oxygen atoms in total. The van der Waals surface area contributed by atoms with Crippen LogP contribution in [0.15, 0.2) is 36.4 Å². The van der Waals surface area contributed by atoms with Crippen LogP contribution >= 0.6 is 23.2 Å². The van der Waals surface area contributed by atoms with Crippen LogP contribution in [0.2, 0.25) is 10.0 Å². The van der Waals surface area contributed by atoms with Gasteiger partial charge in [-0.1, -0.05) is 29.3 Å². The van der Waals surface area contributed by atoms with Crippen LogP contribution in [0.4, 0.5) is 26.3 Å². The van der Waals surface area contributed by atoms with Crippen LogP contribution in [0.25, 0.3) is 0 Å². The van der Waals surface area contributed by atoms with Gasteiger partial charge in [-0.2, -0.15) is 26.3 Å². The molecule has 1 aliphatic rings. The standard InChI is InChI=1S/C20H16Cl2F6N2O/c21-16-2-1-11(6-17(16)22)5-15-10-29-3-4-30(15)18(31)12-7-13(19(23,24)25)9-14(8-12)20(26,27)28/h1-2,6-9,15,29H,3-5,10H2/t15-/m1/s1. The zero-order valence-corrected chi connectivity index (χ0v) is 17.3. The van der Waals surface area contributed by atoms with Crippen LogP contribution in [0.5, 0.6) is 0 Å². The Labute approximate surface area is 183 Å². The van der Waals surface area contributed by atoms with Gasteiger partial charge in [-0.25, -0.2) is 0 Å². The predicted octanol–water partition coefficient (Wildman–Crippen LogP) is 5.69. The zero-order chi connectivity index (χ0) is 23.0. The Morgan fingerprint density at radius 1 is 0.968 bits per heavy atom. The fourth-order valence-corrected chi connectivity index (χ4v) is 3.71. The van der Waals surface area contributed by atoms with E-state index in [1.165, 1.54) is 4.90 Å². The van der Waals surface area contributed by atoms with Gasteiger partial charge in [-0.3, -0.25) is 4.79 Å². The molecule has 1 saturated heterocycles. The maximum Gasteiger partial charge on any atom is 0.416 e. The third kappa shape index (κ3) is 5.64. The summed E-state index contributed by atoms with van der Waals surface area (Å²) in [5.41, 5.74) is -2.99. The first kappa shape index (κ1) is 23.7. The first-order chi connectivity index (χ1) is 14.4. The Bertz CT molecular complexity index is 945. The van der Waals surface area contributed by atoms with Crippen LogP contribution in [-0.4, -0.2) is 36.5 Å². The van der Waals surface area contributed by atoms with E-state index in [0.717, 1.165) is 5.56 Å². The molecule has 1 atom stereocenters. The molecule has 11 heteroatoms. The molecular weight excluding hydrogens is 469 g/mol. The van der Waals surface area contributed by atoms with E-state index in [1.54, 1.807) is 18.2 Å². The molecule has 0 radical (unpaired) electrons. The smallest absolute Gasteiger partial charge is 0.333 e. The fourth-order valence-electron chi connectivity index (χ4n) is 3.39. The Hall–Kier alpha value is -1.97. The lowest BCUT2D eigenvalue weighted by Crippen LogP contribution is -2.54. The number of hydrogen-bond donors (Lipinski definition) is 1. The molecule has 0 unspecified atom stereocenters. The molecule has 1 N–H and O–H groups in total. The number of alkyl halides is 6. The van der Waals surface area contributed by atoms with Gasteiger partial charge in [0.25, 0.3) is 5.91 Å². The average molecular weight is 485 g/mol. The van der Waals surface area contributed by atoms with Gasteiger partial charge in [0.15, 0.2) is 0 Å². The van der Waals surface area contributed by atoms with E-state index in [2.05, 4.69) is 5.32 Å². The van der Waals surface area contributed by atoms with Gasteiger partial charge in [0.1, 0.15) is 0 Å². The highest BCUT2D eigenvalue weighted by molar-refractivity contribution is 6.42. The number of hydrogen-bond acceptors (Lipinski definition) is 2. The van der Waals surface area contributed by atoms with Crippen LogP contribution < -0.4 is 5.32 Å². The molecular formula is C20H16Cl2F6N2O. The summed E-state index contributed by atoms with van der Waals surface area (Å²) < 4.78 is 78.9. The molecule has 31 heavy (non-hydrogen) atoms. The van der Waals surface area contributed by atoms with E-state index in [1.807, 2.05) is 0 Å². The second kappa shape index (κ2) is 8.88. The number of amides is 1. The molecule has 0 saturated carbocycles. The Kier molecular flexibility index (Phi) is 6.78. The number of nitrogens with one attached hydrogen (secondary N) is 1. The van der Waals surface area contributed by atoms with Gasteiger partial charge in [0.05, 0.1) is 21.2 Å². The molecule has 0 aliphatic carbocycles. The van der Waals surface area contributed by atoms with Crippen molar-refractivity contribution in [3.63, 3.8) is 0 Å². The highest BCUT2D eigenvalue weighted by Crippen LogP contribution is 2.36. The van der Waals surface area contributed by atoms with Crippen molar-refractivity contribution in [2.45, 2.75) is 24.8 Å². The summed E-state index contributed by atoms with van der Waals surface area (Å²) in [7, 11) is 0.